The van der Waals surface area contributed by atoms with Crippen LogP contribution in [-0.4, -0.2) is 15.4 Å². The quantitative estimate of drug-likeness (QED) is 0.715. The molecule has 0 amide bonds. The normalized spacial score (nSPS) is 10.9. The first-order valence-corrected chi connectivity index (χ1v) is 5.85. The van der Waals surface area contributed by atoms with Gasteiger partial charge in [-0.3, -0.25) is 0 Å². The molecule has 0 aliphatic carbocycles. The van der Waals surface area contributed by atoms with Crippen molar-refractivity contribution in [3.05, 3.63) is 60.8 Å². The number of benzene rings is 2. The van der Waals surface area contributed by atoms with Gasteiger partial charge in [-0.05, 0) is 24.3 Å². The standard InChI is InChI=1S/C14H11N5/c1-2-4-12(5-3-1)16-17-13-8-6-11(7-9-13)14-10-15-19-18-14/h1-10H,(H,15,18,19). The van der Waals surface area contributed by atoms with Crippen LogP contribution in [0, 0.1) is 0 Å². The zero-order valence-electron chi connectivity index (χ0n) is 10.1. The molecule has 19 heavy (non-hydrogen) atoms. The number of aromatic nitrogens is 3. The molecule has 0 atom stereocenters. The summed E-state index contributed by atoms with van der Waals surface area (Å²) in [6, 6.07) is 17.3. The van der Waals surface area contributed by atoms with E-state index in [2.05, 4.69) is 25.6 Å². The van der Waals surface area contributed by atoms with E-state index in [0.29, 0.717) is 0 Å². The summed E-state index contributed by atoms with van der Waals surface area (Å²) >= 11 is 0. The van der Waals surface area contributed by atoms with Gasteiger partial charge in [0.2, 0.25) is 0 Å². The molecule has 5 nitrogen and oxygen atoms in total. The van der Waals surface area contributed by atoms with E-state index in [1.165, 1.54) is 0 Å². The molecule has 0 bridgehead atoms. The second-order valence-corrected chi connectivity index (χ2v) is 3.94. The van der Waals surface area contributed by atoms with Gasteiger partial charge in [0, 0.05) is 5.56 Å². The third kappa shape index (κ3) is 2.71. The number of hydrogen-bond acceptors (Lipinski definition) is 4. The molecule has 0 saturated heterocycles. The zero-order chi connectivity index (χ0) is 12.9. The van der Waals surface area contributed by atoms with Crippen LogP contribution >= 0.6 is 0 Å². The molecule has 1 aromatic heterocycles. The summed E-state index contributed by atoms with van der Waals surface area (Å²) in [6.07, 6.45) is 1.68. The molecule has 0 saturated carbocycles. The topological polar surface area (TPSA) is 66.3 Å². The molecule has 92 valence electrons. The van der Waals surface area contributed by atoms with Crippen LogP contribution in [-0.2, 0) is 0 Å². The van der Waals surface area contributed by atoms with Crippen LogP contribution in [0.25, 0.3) is 11.3 Å². The van der Waals surface area contributed by atoms with Crippen LogP contribution in [0.3, 0.4) is 0 Å². The van der Waals surface area contributed by atoms with Crippen LogP contribution in [0.4, 0.5) is 11.4 Å². The van der Waals surface area contributed by atoms with Crippen molar-refractivity contribution >= 4 is 11.4 Å². The Morgan fingerprint density at radius 1 is 0.789 bits per heavy atom. The van der Waals surface area contributed by atoms with Crippen molar-refractivity contribution in [1.82, 2.24) is 15.4 Å². The molecular weight excluding hydrogens is 238 g/mol. The van der Waals surface area contributed by atoms with Crippen molar-refractivity contribution in [2.24, 2.45) is 10.2 Å². The van der Waals surface area contributed by atoms with E-state index in [1.807, 2.05) is 54.6 Å². The van der Waals surface area contributed by atoms with Crippen molar-refractivity contribution in [3.8, 4) is 11.3 Å². The lowest BCUT2D eigenvalue weighted by Crippen LogP contribution is -1.76. The summed E-state index contributed by atoms with van der Waals surface area (Å²) in [6.45, 7) is 0. The SMILES string of the molecule is c1ccc(N=Nc2ccc(-c3cn[nH]n3)cc2)cc1. The number of H-pyrrole nitrogens is 1. The highest BCUT2D eigenvalue weighted by Crippen LogP contribution is 2.22. The van der Waals surface area contributed by atoms with E-state index in [1.54, 1.807) is 6.20 Å². The Kier molecular flexibility index (Phi) is 3.10. The van der Waals surface area contributed by atoms with Gasteiger partial charge in [-0.15, -0.1) is 0 Å². The number of nitrogens with zero attached hydrogens (tertiary/aromatic N) is 4. The van der Waals surface area contributed by atoms with Crippen molar-refractivity contribution in [1.29, 1.82) is 0 Å². The highest BCUT2D eigenvalue weighted by molar-refractivity contribution is 5.60. The zero-order valence-corrected chi connectivity index (χ0v) is 10.1. The molecular formula is C14H11N5. The summed E-state index contributed by atoms with van der Waals surface area (Å²) < 4.78 is 0. The Labute approximate surface area is 110 Å². The van der Waals surface area contributed by atoms with E-state index >= 15 is 0 Å². The van der Waals surface area contributed by atoms with Gasteiger partial charge in [-0.2, -0.15) is 25.6 Å². The van der Waals surface area contributed by atoms with E-state index in [0.717, 1.165) is 22.6 Å². The van der Waals surface area contributed by atoms with Crippen LogP contribution in [0.5, 0.6) is 0 Å². The molecule has 3 aromatic rings. The van der Waals surface area contributed by atoms with Crippen LogP contribution in [0.2, 0.25) is 0 Å². The summed E-state index contributed by atoms with van der Waals surface area (Å²) in [5.41, 5.74) is 3.44. The number of azo groups is 1. The van der Waals surface area contributed by atoms with Crippen molar-refractivity contribution < 1.29 is 0 Å². The van der Waals surface area contributed by atoms with Crippen LogP contribution < -0.4 is 0 Å². The van der Waals surface area contributed by atoms with Gasteiger partial charge in [-0.25, -0.2) is 0 Å². The fourth-order valence-corrected chi connectivity index (χ4v) is 1.65. The Morgan fingerprint density at radius 3 is 2.11 bits per heavy atom. The maximum atomic E-state index is 4.18. The number of aromatic amines is 1. The van der Waals surface area contributed by atoms with Crippen LogP contribution in [0.1, 0.15) is 0 Å². The van der Waals surface area contributed by atoms with E-state index in [-0.39, 0.29) is 0 Å². The fourth-order valence-electron chi connectivity index (χ4n) is 1.65. The molecule has 1 heterocycles. The Morgan fingerprint density at radius 2 is 1.47 bits per heavy atom. The third-order valence-electron chi connectivity index (χ3n) is 2.62. The molecule has 0 aliphatic heterocycles. The highest BCUT2D eigenvalue weighted by Gasteiger charge is 1.99. The lowest BCUT2D eigenvalue weighted by molar-refractivity contribution is 0.942. The summed E-state index contributed by atoms with van der Waals surface area (Å²) in [7, 11) is 0. The van der Waals surface area contributed by atoms with Crippen LogP contribution in [0.15, 0.2) is 71.0 Å². The van der Waals surface area contributed by atoms with E-state index in [9.17, 15) is 0 Å². The fraction of sp³-hybridized carbons (Fsp3) is 0. The molecule has 0 radical (unpaired) electrons. The van der Waals surface area contributed by atoms with Gasteiger partial charge in [0.05, 0.1) is 17.6 Å². The Hall–Kier alpha value is -2.82. The minimum atomic E-state index is 0.802. The smallest absolute Gasteiger partial charge is 0.112 e. The van der Waals surface area contributed by atoms with Crippen molar-refractivity contribution in [3.63, 3.8) is 0 Å². The van der Waals surface area contributed by atoms with E-state index < -0.39 is 0 Å². The monoisotopic (exact) mass is 249 g/mol. The number of rotatable bonds is 3. The average Bonchev–Trinajstić information content (AvgIpc) is 3.01. The molecule has 0 spiro atoms. The van der Waals surface area contributed by atoms with Gasteiger partial charge in [-0.1, -0.05) is 30.3 Å². The molecule has 0 aliphatic rings. The summed E-state index contributed by atoms with van der Waals surface area (Å²) in [5.74, 6) is 0. The first kappa shape index (κ1) is 11.3. The number of hydrogen-bond donors (Lipinski definition) is 1. The van der Waals surface area contributed by atoms with E-state index in [4.69, 9.17) is 0 Å². The molecule has 0 fully saturated rings. The summed E-state index contributed by atoms with van der Waals surface area (Å²) in [5, 5.41) is 18.7. The minimum Gasteiger partial charge on any atom is -0.197 e. The molecule has 5 heteroatoms. The second kappa shape index (κ2) is 5.22. The first-order valence-electron chi connectivity index (χ1n) is 5.85. The van der Waals surface area contributed by atoms with Gasteiger partial charge in [0.1, 0.15) is 5.69 Å². The van der Waals surface area contributed by atoms with Gasteiger partial charge in [0.25, 0.3) is 0 Å². The minimum absolute atomic E-state index is 0.802. The third-order valence-corrected chi connectivity index (χ3v) is 2.62. The highest BCUT2D eigenvalue weighted by atomic mass is 15.3. The molecule has 3 rings (SSSR count). The van der Waals surface area contributed by atoms with Gasteiger partial charge < -0.3 is 0 Å². The largest absolute Gasteiger partial charge is 0.197 e. The second-order valence-electron chi connectivity index (χ2n) is 3.94. The lowest BCUT2D eigenvalue weighted by atomic mass is 10.1. The Balaban J connectivity index is 1.78. The molecule has 2 aromatic carbocycles. The molecule has 1 N–H and O–H groups in total. The van der Waals surface area contributed by atoms with Gasteiger partial charge >= 0.3 is 0 Å². The van der Waals surface area contributed by atoms with Crippen molar-refractivity contribution in [2.75, 3.05) is 0 Å². The average molecular weight is 249 g/mol. The first-order chi connectivity index (χ1) is 9.42. The van der Waals surface area contributed by atoms with Crippen molar-refractivity contribution in [2.45, 2.75) is 0 Å². The maximum Gasteiger partial charge on any atom is 0.112 e. The summed E-state index contributed by atoms with van der Waals surface area (Å²) in [4.78, 5) is 0. The predicted octanol–water partition coefficient (Wildman–Crippen LogP) is 3.89. The Bertz CT molecular complexity index is 657. The number of nitrogens with one attached hydrogen (secondary N) is 1. The predicted molar refractivity (Wildman–Crippen MR) is 72.4 cm³/mol. The maximum absolute atomic E-state index is 4.18. The molecule has 0 unspecified atom stereocenters. The lowest BCUT2D eigenvalue weighted by Gasteiger charge is -1.96. The van der Waals surface area contributed by atoms with Gasteiger partial charge in [0.15, 0.2) is 0 Å².